The number of esters is 1. The molecule has 0 aliphatic carbocycles. The van der Waals surface area contributed by atoms with E-state index in [2.05, 4.69) is 13.8 Å². The summed E-state index contributed by atoms with van der Waals surface area (Å²) >= 11 is 1.71. The second kappa shape index (κ2) is 10.4. The van der Waals surface area contributed by atoms with Crippen molar-refractivity contribution in [2.75, 3.05) is 7.11 Å². The zero-order valence-electron chi connectivity index (χ0n) is 16.6. The van der Waals surface area contributed by atoms with E-state index in [4.69, 9.17) is 14.5 Å². The number of carbonyl (C=O) groups is 1. The normalized spacial score (nSPS) is 10.9. The molecule has 0 unspecified atom stereocenters. The summed E-state index contributed by atoms with van der Waals surface area (Å²) in [5, 5.41) is 10.7. The second-order valence-corrected chi connectivity index (χ2v) is 7.60. The average molecular weight is 392 g/mol. The number of aliphatic hydroxyl groups excluding tert-OH is 1. The fourth-order valence-electron chi connectivity index (χ4n) is 2.89. The lowest BCUT2D eigenvalue weighted by Crippen LogP contribution is -2.06. The van der Waals surface area contributed by atoms with Gasteiger partial charge in [-0.3, -0.25) is 4.79 Å². The van der Waals surface area contributed by atoms with Crippen molar-refractivity contribution in [3.05, 3.63) is 28.3 Å². The van der Waals surface area contributed by atoms with Gasteiger partial charge in [-0.1, -0.05) is 26.7 Å². The van der Waals surface area contributed by atoms with E-state index in [-0.39, 0.29) is 12.4 Å². The number of unbranched alkanes of at least 4 members (excludes halogenated alkanes) is 2. The van der Waals surface area contributed by atoms with Gasteiger partial charge in [0.15, 0.2) is 11.5 Å². The Balaban J connectivity index is 2.46. The van der Waals surface area contributed by atoms with Crippen LogP contribution >= 0.6 is 11.3 Å². The van der Waals surface area contributed by atoms with Gasteiger partial charge in [-0.2, -0.15) is 0 Å². The van der Waals surface area contributed by atoms with E-state index in [1.165, 1.54) is 24.6 Å². The highest BCUT2D eigenvalue weighted by Crippen LogP contribution is 2.39. The molecular weight excluding hydrogens is 362 g/mol. The molecule has 2 aromatic rings. The number of hydrogen-bond donors (Lipinski definition) is 1. The molecule has 0 saturated heterocycles. The van der Waals surface area contributed by atoms with E-state index in [1.54, 1.807) is 11.3 Å². The molecule has 1 heterocycles. The van der Waals surface area contributed by atoms with Crippen LogP contribution in [-0.2, 0) is 24.2 Å². The number of carbonyl (C=O) groups excluding carboxylic acids is 1. The lowest BCUT2D eigenvalue weighted by atomic mass is 10.1. The van der Waals surface area contributed by atoms with Crippen LogP contribution in [0.4, 0.5) is 0 Å². The lowest BCUT2D eigenvalue weighted by Gasteiger charge is -2.13. The van der Waals surface area contributed by atoms with E-state index in [1.807, 2.05) is 12.1 Å². The zero-order valence-corrected chi connectivity index (χ0v) is 17.4. The number of nitrogens with zero attached hydrogens (tertiary/aromatic N) is 1. The van der Waals surface area contributed by atoms with Crippen LogP contribution in [0.5, 0.6) is 11.5 Å². The fourth-order valence-corrected chi connectivity index (χ4v) is 4.03. The van der Waals surface area contributed by atoms with Crippen LogP contribution in [0.25, 0.3) is 10.6 Å². The molecule has 0 aliphatic rings. The van der Waals surface area contributed by atoms with Crippen LogP contribution < -0.4 is 9.47 Å². The van der Waals surface area contributed by atoms with Gasteiger partial charge >= 0.3 is 5.97 Å². The average Bonchev–Trinajstić information content (AvgIpc) is 3.07. The molecular formula is C21H29NO4S. The quantitative estimate of drug-likeness (QED) is 0.460. The van der Waals surface area contributed by atoms with Gasteiger partial charge in [0.05, 0.1) is 19.4 Å². The highest BCUT2D eigenvalue weighted by atomic mass is 32.1. The Morgan fingerprint density at radius 1 is 1.19 bits per heavy atom. The molecule has 0 aliphatic heterocycles. The van der Waals surface area contributed by atoms with E-state index in [0.717, 1.165) is 49.1 Å². The maximum atomic E-state index is 11.4. The molecule has 1 aromatic heterocycles. The first kappa shape index (κ1) is 21.4. The molecule has 5 nitrogen and oxygen atoms in total. The molecule has 0 amide bonds. The number of ether oxygens (including phenoxy) is 2. The maximum absolute atomic E-state index is 11.4. The molecule has 0 fully saturated rings. The molecule has 1 N–H and O–H groups in total. The highest BCUT2D eigenvalue weighted by Gasteiger charge is 2.18. The third-order valence-electron chi connectivity index (χ3n) is 4.32. The maximum Gasteiger partial charge on any atom is 0.308 e. The summed E-state index contributed by atoms with van der Waals surface area (Å²) < 4.78 is 10.6. The first-order chi connectivity index (χ1) is 13.0. The molecule has 27 heavy (non-hydrogen) atoms. The number of benzene rings is 1. The molecule has 0 atom stereocenters. The molecule has 0 radical (unpaired) electrons. The minimum atomic E-state index is -0.450. The minimum Gasteiger partial charge on any atom is -0.493 e. The van der Waals surface area contributed by atoms with Crippen LogP contribution in [-0.4, -0.2) is 23.2 Å². The smallest absolute Gasteiger partial charge is 0.308 e. The molecule has 0 saturated carbocycles. The van der Waals surface area contributed by atoms with Crippen LogP contribution in [0.15, 0.2) is 12.1 Å². The van der Waals surface area contributed by atoms with Gasteiger partial charge in [0.25, 0.3) is 0 Å². The number of rotatable bonds is 10. The monoisotopic (exact) mass is 391 g/mol. The lowest BCUT2D eigenvalue weighted by molar-refractivity contribution is -0.132. The molecule has 0 spiro atoms. The van der Waals surface area contributed by atoms with E-state index < -0.39 is 5.97 Å². The van der Waals surface area contributed by atoms with E-state index in [0.29, 0.717) is 11.3 Å². The Labute approximate surface area is 165 Å². The third kappa shape index (κ3) is 5.53. The predicted octanol–water partition coefficient (Wildman–Crippen LogP) is 4.92. The Hall–Kier alpha value is -1.92. The summed E-state index contributed by atoms with van der Waals surface area (Å²) in [5.74, 6) is 0.242. The summed E-state index contributed by atoms with van der Waals surface area (Å²) in [6.07, 6.45) is 6.60. The van der Waals surface area contributed by atoms with Crippen molar-refractivity contribution in [2.45, 2.75) is 65.9 Å². The van der Waals surface area contributed by atoms with Gasteiger partial charge in [0.2, 0.25) is 0 Å². The van der Waals surface area contributed by atoms with Crippen molar-refractivity contribution in [1.29, 1.82) is 0 Å². The second-order valence-electron chi connectivity index (χ2n) is 6.51. The number of aromatic nitrogens is 1. The number of thiazole rings is 1. The Morgan fingerprint density at radius 3 is 2.48 bits per heavy atom. The standard InChI is InChI=1S/C21H29NO4S/c1-5-7-9-17-19(10-8-6-2)27-21(22-17)15-11-16(13-23)20(26-14(3)24)18(12-15)25-4/h11-12,23H,5-10,13H2,1-4H3. The van der Waals surface area contributed by atoms with Crippen molar-refractivity contribution in [3.63, 3.8) is 0 Å². The third-order valence-corrected chi connectivity index (χ3v) is 5.52. The Bertz CT molecular complexity index is 719. The van der Waals surface area contributed by atoms with Crippen LogP contribution in [0.3, 0.4) is 0 Å². The van der Waals surface area contributed by atoms with Gasteiger partial charge in [-0.25, -0.2) is 4.98 Å². The topological polar surface area (TPSA) is 68.7 Å². The van der Waals surface area contributed by atoms with Crippen LogP contribution in [0, 0.1) is 0 Å². The first-order valence-corrected chi connectivity index (χ1v) is 10.3. The zero-order chi connectivity index (χ0) is 19.8. The van der Waals surface area contributed by atoms with Crippen molar-refractivity contribution < 1.29 is 19.4 Å². The van der Waals surface area contributed by atoms with Crippen molar-refractivity contribution in [1.82, 2.24) is 4.98 Å². The van der Waals surface area contributed by atoms with Crippen molar-refractivity contribution in [2.24, 2.45) is 0 Å². The fraction of sp³-hybridized carbons (Fsp3) is 0.524. The molecule has 2 rings (SSSR count). The van der Waals surface area contributed by atoms with Gasteiger partial charge in [-0.05, 0) is 37.8 Å². The molecule has 0 bridgehead atoms. The number of hydrogen-bond acceptors (Lipinski definition) is 6. The summed E-state index contributed by atoms with van der Waals surface area (Å²) in [4.78, 5) is 17.6. The SMILES string of the molecule is CCCCc1nc(-c2cc(CO)c(OC(C)=O)c(OC)c2)sc1CCCC. The largest absolute Gasteiger partial charge is 0.493 e. The summed E-state index contributed by atoms with van der Waals surface area (Å²) in [6, 6.07) is 3.65. The number of aryl methyl sites for hydroxylation is 2. The predicted molar refractivity (Wildman–Crippen MR) is 109 cm³/mol. The number of aliphatic hydroxyl groups is 1. The summed E-state index contributed by atoms with van der Waals surface area (Å²) in [5.41, 5.74) is 2.57. The summed E-state index contributed by atoms with van der Waals surface area (Å²) in [6.45, 7) is 5.46. The van der Waals surface area contributed by atoms with Gasteiger partial charge in [0, 0.05) is 22.9 Å². The van der Waals surface area contributed by atoms with Crippen LogP contribution in [0.1, 0.15) is 62.6 Å². The van der Waals surface area contributed by atoms with Crippen molar-refractivity contribution >= 4 is 17.3 Å². The van der Waals surface area contributed by atoms with Gasteiger partial charge in [-0.15, -0.1) is 11.3 Å². The first-order valence-electron chi connectivity index (χ1n) is 9.53. The van der Waals surface area contributed by atoms with Gasteiger partial charge in [0.1, 0.15) is 5.01 Å². The van der Waals surface area contributed by atoms with Crippen molar-refractivity contribution in [3.8, 4) is 22.1 Å². The number of methoxy groups -OCH3 is 1. The Morgan fingerprint density at radius 2 is 1.89 bits per heavy atom. The van der Waals surface area contributed by atoms with Gasteiger partial charge < -0.3 is 14.6 Å². The Kier molecular flexibility index (Phi) is 8.25. The highest BCUT2D eigenvalue weighted by molar-refractivity contribution is 7.15. The molecule has 6 heteroatoms. The van der Waals surface area contributed by atoms with E-state index in [9.17, 15) is 9.90 Å². The summed E-state index contributed by atoms with van der Waals surface area (Å²) in [7, 11) is 1.52. The molecule has 1 aromatic carbocycles. The minimum absolute atomic E-state index is 0.246. The van der Waals surface area contributed by atoms with E-state index >= 15 is 0 Å². The molecule has 148 valence electrons. The van der Waals surface area contributed by atoms with Crippen LogP contribution in [0.2, 0.25) is 0 Å².